The maximum atomic E-state index is 11.5. The normalized spacial score (nSPS) is 9.82. The molecule has 0 aliphatic heterocycles. The lowest BCUT2D eigenvalue weighted by Gasteiger charge is -2.06. The number of nitrogens with zero attached hydrogens (tertiary/aromatic N) is 1. The second-order valence-electron chi connectivity index (χ2n) is 4.64. The summed E-state index contributed by atoms with van der Waals surface area (Å²) >= 11 is 0. The van der Waals surface area contributed by atoms with E-state index in [0.29, 0.717) is 16.7 Å². The number of carboxylic acid groups (broad SMARTS) is 1. The molecule has 0 atom stereocenters. The van der Waals surface area contributed by atoms with Crippen LogP contribution in [0.2, 0.25) is 0 Å². The second kappa shape index (κ2) is 5.98. The molecule has 1 heterocycles. The summed E-state index contributed by atoms with van der Waals surface area (Å²) in [5, 5.41) is 16.0. The fraction of sp³-hybridized carbons (Fsp3) is 0. The molecular formula is C18H12N2O2. The first-order valence-electron chi connectivity index (χ1n) is 6.68. The van der Waals surface area contributed by atoms with Crippen LogP contribution in [0, 0.1) is 11.8 Å². The Morgan fingerprint density at radius 2 is 1.86 bits per heavy atom. The van der Waals surface area contributed by atoms with Crippen molar-refractivity contribution in [2.24, 2.45) is 0 Å². The number of H-pyrrole nitrogens is 1. The zero-order chi connectivity index (χ0) is 15.4. The first-order chi connectivity index (χ1) is 10.8. The van der Waals surface area contributed by atoms with Crippen molar-refractivity contribution < 1.29 is 9.90 Å². The van der Waals surface area contributed by atoms with Crippen LogP contribution in [0.4, 0.5) is 0 Å². The summed E-state index contributed by atoms with van der Waals surface area (Å²) < 4.78 is 0. The molecule has 0 spiro atoms. The molecule has 3 rings (SSSR count). The summed E-state index contributed by atoms with van der Waals surface area (Å²) in [6.45, 7) is 0. The SMILES string of the molecule is O=C(O)c1cccc(C#Cc2ccccc2)c1-c1cn[nH]c1. The van der Waals surface area contributed by atoms with Crippen molar-refractivity contribution in [2.45, 2.75) is 0 Å². The van der Waals surface area contributed by atoms with Crippen molar-refractivity contribution in [1.29, 1.82) is 0 Å². The molecule has 0 bridgehead atoms. The van der Waals surface area contributed by atoms with Crippen molar-refractivity contribution in [3.63, 3.8) is 0 Å². The van der Waals surface area contributed by atoms with E-state index in [-0.39, 0.29) is 5.56 Å². The van der Waals surface area contributed by atoms with Gasteiger partial charge in [-0.1, -0.05) is 36.1 Å². The number of aromatic carboxylic acids is 1. The Morgan fingerprint density at radius 1 is 1.05 bits per heavy atom. The number of benzene rings is 2. The third-order valence-corrected chi connectivity index (χ3v) is 3.20. The average Bonchev–Trinajstić information content (AvgIpc) is 3.07. The van der Waals surface area contributed by atoms with E-state index < -0.39 is 5.97 Å². The zero-order valence-electron chi connectivity index (χ0n) is 11.6. The van der Waals surface area contributed by atoms with E-state index in [1.54, 1.807) is 24.5 Å². The summed E-state index contributed by atoms with van der Waals surface area (Å²) in [5.41, 5.74) is 3.02. The van der Waals surface area contributed by atoms with Crippen molar-refractivity contribution in [3.05, 3.63) is 77.6 Å². The third-order valence-electron chi connectivity index (χ3n) is 3.20. The summed E-state index contributed by atoms with van der Waals surface area (Å²) in [6.07, 6.45) is 3.25. The monoisotopic (exact) mass is 288 g/mol. The smallest absolute Gasteiger partial charge is 0.336 e. The fourth-order valence-corrected chi connectivity index (χ4v) is 2.19. The number of hydrogen-bond donors (Lipinski definition) is 2. The van der Waals surface area contributed by atoms with Gasteiger partial charge in [-0.3, -0.25) is 5.10 Å². The molecule has 0 amide bonds. The first kappa shape index (κ1) is 13.7. The fourth-order valence-electron chi connectivity index (χ4n) is 2.19. The van der Waals surface area contributed by atoms with Crippen molar-refractivity contribution in [2.75, 3.05) is 0 Å². The summed E-state index contributed by atoms with van der Waals surface area (Å²) in [5.74, 6) is 5.13. The summed E-state index contributed by atoms with van der Waals surface area (Å²) in [6, 6.07) is 14.6. The molecule has 106 valence electrons. The Hall–Kier alpha value is -3.32. The Morgan fingerprint density at radius 3 is 2.55 bits per heavy atom. The van der Waals surface area contributed by atoms with Crippen LogP contribution in [0.25, 0.3) is 11.1 Å². The van der Waals surface area contributed by atoms with Crippen LogP contribution in [-0.4, -0.2) is 21.3 Å². The van der Waals surface area contributed by atoms with E-state index >= 15 is 0 Å². The highest BCUT2D eigenvalue weighted by Gasteiger charge is 2.15. The molecule has 1 aromatic heterocycles. The van der Waals surface area contributed by atoms with Crippen molar-refractivity contribution in [1.82, 2.24) is 10.2 Å². The molecule has 0 radical (unpaired) electrons. The quantitative estimate of drug-likeness (QED) is 0.712. The molecule has 4 heteroatoms. The first-order valence-corrected chi connectivity index (χ1v) is 6.68. The van der Waals surface area contributed by atoms with Crippen LogP contribution in [0.1, 0.15) is 21.5 Å². The number of hydrogen-bond acceptors (Lipinski definition) is 2. The number of carboxylic acids is 1. The zero-order valence-corrected chi connectivity index (χ0v) is 11.6. The second-order valence-corrected chi connectivity index (χ2v) is 4.64. The number of aromatic nitrogens is 2. The van der Waals surface area contributed by atoms with E-state index in [1.807, 2.05) is 36.4 Å². The lowest BCUT2D eigenvalue weighted by Crippen LogP contribution is -2.01. The average molecular weight is 288 g/mol. The molecule has 3 aromatic rings. The van der Waals surface area contributed by atoms with E-state index in [2.05, 4.69) is 22.0 Å². The van der Waals surface area contributed by atoms with Crippen LogP contribution in [-0.2, 0) is 0 Å². The van der Waals surface area contributed by atoms with E-state index in [1.165, 1.54) is 0 Å². The molecule has 0 saturated heterocycles. The molecule has 2 aromatic carbocycles. The molecule has 0 fully saturated rings. The van der Waals surface area contributed by atoms with Gasteiger partial charge in [0, 0.05) is 28.5 Å². The van der Waals surface area contributed by atoms with Crippen LogP contribution < -0.4 is 0 Å². The molecule has 0 aliphatic rings. The van der Waals surface area contributed by atoms with Gasteiger partial charge < -0.3 is 5.11 Å². The van der Waals surface area contributed by atoms with Crippen molar-refractivity contribution >= 4 is 5.97 Å². The Bertz CT molecular complexity index is 857. The lowest BCUT2D eigenvalue weighted by molar-refractivity contribution is 0.0697. The molecular weight excluding hydrogens is 276 g/mol. The number of nitrogens with one attached hydrogen (secondary N) is 1. The molecule has 22 heavy (non-hydrogen) atoms. The molecule has 2 N–H and O–H groups in total. The van der Waals surface area contributed by atoms with Crippen LogP contribution >= 0.6 is 0 Å². The number of carbonyl (C=O) groups is 1. The van der Waals surface area contributed by atoms with Gasteiger partial charge in [0.15, 0.2) is 0 Å². The van der Waals surface area contributed by atoms with Gasteiger partial charge in [-0.2, -0.15) is 5.10 Å². The van der Waals surface area contributed by atoms with Crippen LogP contribution in [0.5, 0.6) is 0 Å². The van der Waals surface area contributed by atoms with E-state index in [4.69, 9.17) is 0 Å². The van der Waals surface area contributed by atoms with Gasteiger partial charge in [0.05, 0.1) is 11.8 Å². The van der Waals surface area contributed by atoms with Gasteiger partial charge in [-0.15, -0.1) is 0 Å². The van der Waals surface area contributed by atoms with Gasteiger partial charge in [-0.05, 0) is 24.3 Å². The highest BCUT2D eigenvalue weighted by atomic mass is 16.4. The van der Waals surface area contributed by atoms with Gasteiger partial charge in [0.25, 0.3) is 0 Å². The molecule has 0 unspecified atom stereocenters. The molecule has 0 saturated carbocycles. The maximum absolute atomic E-state index is 11.5. The standard InChI is InChI=1S/C18H12N2O2/c21-18(22)16-8-4-7-14(17(16)15-11-19-20-12-15)10-9-13-5-2-1-3-6-13/h1-8,11-12H,(H,19,20)(H,21,22). The number of rotatable bonds is 2. The highest BCUT2D eigenvalue weighted by molar-refractivity contribution is 5.97. The summed E-state index contributed by atoms with van der Waals surface area (Å²) in [4.78, 5) is 11.5. The van der Waals surface area contributed by atoms with Gasteiger partial charge in [0.2, 0.25) is 0 Å². The topological polar surface area (TPSA) is 66.0 Å². The number of aromatic amines is 1. The predicted molar refractivity (Wildman–Crippen MR) is 83.4 cm³/mol. The maximum Gasteiger partial charge on any atom is 0.336 e. The summed E-state index contributed by atoms with van der Waals surface area (Å²) in [7, 11) is 0. The van der Waals surface area contributed by atoms with E-state index in [0.717, 1.165) is 5.56 Å². The van der Waals surface area contributed by atoms with E-state index in [9.17, 15) is 9.90 Å². The Kier molecular flexibility index (Phi) is 3.71. The molecule has 4 nitrogen and oxygen atoms in total. The minimum Gasteiger partial charge on any atom is -0.478 e. The van der Waals surface area contributed by atoms with Gasteiger partial charge >= 0.3 is 5.97 Å². The van der Waals surface area contributed by atoms with Crippen LogP contribution in [0.15, 0.2) is 60.9 Å². The highest BCUT2D eigenvalue weighted by Crippen LogP contribution is 2.26. The van der Waals surface area contributed by atoms with Crippen molar-refractivity contribution in [3.8, 4) is 23.0 Å². The lowest BCUT2D eigenvalue weighted by atomic mass is 9.96. The van der Waals surface area contributed by atoms with Crippen LogP contribution in [0.3, 0.4) is 0 Å². The minimum absolute atomic E-state index is 0.210. The predicted octanol–water partition coefficient (Wildman–Crippen LogP) is 3.17. The van der Waals surface area contributed by atoms with Gasteiger partial charge in [0.1, 0.15) is 0 Å². The third kappa shape index (κ3) is 2.74. The van der Waals surface area contributed by atoms with Gasteiger partial charge in [-0.25, -0.2) is 4.79 Å². The molecule has 0 aliphatic carbocycles. The Labute approximate surface area is 127 Å². The minimum atomic E-state index is -0.987. The largest absolute Gasteiger partial charge is 0.478 e. The Balaban J connectivity index is 2.15.